The Kier molecular flexibility index (Phi) is 11.8. The predicted molar refractivity (Wildman–Crippen MR) is 161 cm³/mol. The van der Waals surface area contributed by atoms with Gasteiger partial charge in [-0.05, 0) is 33.6 Å². The normalized spacial score (nSPS) is 11.7. The molecule has 0 unspecified atom stereocenters. The molecule has 36 heavy (non-hydrogen) atoms. The van der Waals surface area contributed by atoms with Crippen molar-refractivity contribution in [3.8, 4) is 0 Å². The van der Waals surface area contributed by atoms with Gasteiger partial charge in [-0.3, -0.25) is 0 Å². The summed E-state index contributed by atoms with van der Waals surface area (Å²) in [6.45, 7) is 9.93. The topological polar surface area (TPSA) is 0 Å². The standard InChI is InChI=1S/C35H50N/c1-5-6-7-8-9-10-11-12-13-14-15-16-29-36(33-23-17-30(2)18-24-33,34-25-19-31(3)20-26-34)35-27-21-32(4)22-28-35/h17-28H,5-16,29H2,1-4H3/q+1. The first kappa shape index (κ1) is 28.2. The Hall–Kier alpha value is -2.38. The zero-order valence-corrected chi connectivity index (χ0v) is 23.6. The molecule has 0 aromatic heterocycles. The van der Waals surface area contributed by atoms with Crippen molar-refractivity contribution in [3.63, 3.8) is 0 Å². The van der Waals surface area contributed by atoms with Gasteiger partial charge in [-0.2, -0.15) is 0 Å². The average Bonchev–Trinajstić information content (AvgIpc) is 2.89. The lowest BCUT2D eigenvalue weighted by atomic mass is 10.0. The van der Waals surface area contributed by atoms with Crippen LogP contribution in [0.25, 0.3) is 0 Å². The van der Waals surface area contributed by atoms with E-state index < -0.39 is 0 Å². The second-order valence-corrected chi connectivity index (χ2v) is 10.9. The van der Waals surface area contributed by atoms with Crippen molar-refractivity contribution in [2.24, 2.45) is 0 Å². The molecule has 3 aromatic rings. The average molecular weight is 485 g/mol. The first-order chi connectivity index (χ1) is 17.6. The Morgan fingerprint density at radius 3 is 0.972 bits per heavy atom. The minimum Gasteiger partial charge on any atom is -0.227 e. The summed E-state index contributed by atoms with van der Waals surface area (Å²) in [7, 11) is 0. The van der Waals surface area contributed by atoms with Gasteiger partial charge in [0.05, 0.1) is 6.54 Å². The van der Waals surface area contributed by atoms with Gasteiger partial charge in [-0.15, -0.1) is 0 Å². The number of unbranched alkanes of at least 4 members (excludes halogenated alkanes) is 11. The SMILES string of the molecule is CCCCCCCCCCCCCC[N+](c1ccc(C)cc1)(c1ccc(C)cc1)c1ccc(C)cc1. The molecule has 1 heteroatoms. The highest BCUT2D eigenvalue weighted by atomic mass is 15.4. The Balaban J connectivity index is 1.69. The third kappa shape index (κ3) is 8.07. The van der Waals surface area contributed by atoms with Crippen LogP contribution in [0.5, 0.6) is 0 Å². The van der Waals surface area contributed by atoms with E-state index in [9.17, 15) is 0 Å². The summed E-state index contributed by atoms with van der Waals surface area (Å²) >= 11 is 0. The molecule has 0 bridgehead atoms. The molecule has 0 aliphatic carbocycles. The van der Waals surface area contributed by atoms with E-state index in [0.717, 1.165) is 11.0 Å². The number of rotatable bonds is 16. The fourth-order valence-corrected chi connectivity index (χ4v) is 5.42. The van der Waals surface area contributed by atoms with Crippen molar-refractivity contribution in [1.29, 1.82) is 0 Å². The molecule has 0 saturated heterocycles. The van der Waals surface area contributed by atoms with Crippen LogP contribution in [0.15, 0.2) is 72.8 Å². The summed E-state index contributed by atoms with van der Waals surface area (Å²) in [6.07, 6.45) is 16.6. The molecule has 0 heterocycles. The summed E-state index contributed by atoms with van der Waals surface area (Å²) in [5, 5.41) is 0. The van der Waals surface area contributed by atoms with Crippen LogP contribution < -0.4 is 4.48 Å². The second kappa shape index (κ2) is 15.0. The van der Waals surface area contributed by atoms with E-state index in [4.69, 9.17) is 0 Å². The molecule has 0 amide bonds. The maximum absolute atomic E-state index is 2.34. The van der Waals surface area contributed by atoms with Gasteiger partial charge in [0, 0.05) is 36.4 Å². The molecule has 0 radical (unpaired) electrons. The molecule has 3 aromatic carbocycles. The molecule has 0 N–H and O–H groups in total. The van der Waals surface area contributed by atoms with Crippen LogP contribution in [0.2, 0.25) is 0 Å². The van der Waals surface area contributed by atoms with E-state index in [1.165, 1.54) is 111 Å². The Bertz CT molecular complexity index is 871. The van der Waals surface area contributed by atoms with Crippen molar-refractivity contribution in [1.82, 2.24) is 4.48 Å². The van der Waals surface area contributed by atoms with Crippen molar-refractivity contribution < 1.29 is 0 Å². The molecule has 0 fully saturated rings. The van der Waals surface area contributed by atoms with Crippen molar-refractivity contribution in [2.45, 2.75) is 105 Å². The molecule has 3 rings (SSSR count). The first-order valence-electron chi connectivity index (χ1n) is 14.7. The second-order valence-electron chi connectivity index (χ2n) is 10.9. The van der Waals surface area contributed by atoms with E-state index in [1.807, 2.05) is 0 Å². The third-order valence-corrected chi connectivity index (χ3v) is 7.77. The van der Waals surface area contributed by atoms with Crippen molar-refractivity contribution >= 4 is 17.1 Å². The van der Waals surface area contributed by atoms with Gasteiger partial charge in [0.15, 0.2) is 0 Å². The van der Waals surface area contributed by atoms with Crippen molar-refractivity contribution in [3.05, 3.63) is 89.5 Å². The largest absolute Gasteiger partial charge is 0.227 e. The van der Waals surface area contributed by atoms with E-state index in [2.05, 4.69) is 100 Å². The molecule has 1 nitrogen and oxygen atoms in total. The maximum atomic E-state index is 2.34. The number of hydrogen-bond donors (Lipinski definition) is 0. The minimum atomic E-state index is 0.790. The zero-order chi connectivity index (χ0) is 25.6. The Morgan fingerprint density at radius 1 is 0.389 bits per heavy atom. The molecule has 0 saturated carbocycles. The molecule has 194 valence electrons. The number of benzene rings is 3. The third-order valence-electron chi connectivity index (χ3n) is 7.77. The van der Waals surface area contributed by atoms with Crippen LogP contribution in [-0.2, 0) is 0 Å². The van der Waals surface area contributed by atoms with Crippen LogP contribution in [0.3, 0.4) is 0 Å². The Labute approximate surface area is 222 Å². The van der Waals surface area contributed by atoms with Crippen LogP contribution in [0.1, 0.15) is 101 Å². The number of hydrogen-bond acceptors (Lipinski definition) is 0. The molecule has 0 atom stereocenters. The number of quaternary nitrogens is 1. The van der Waals surface area contributed by atoms with Crippen LogP contribution >= 0.6 is 0 Å². The highest BCUT2D eigenvalue weighted by Gasteiger charge is 2.35. The monoisotopic (exact) mass is 484 g/mol. The van der Waals surface area contributed by atoms with Gasteiger partial charge < -0.3 is 0 Å². The lowest BCUT2D eigenvalue weighted by Gasteiger charge is -2.38. The maximum Gasteiger partial charge on any atom is 0.143 e. The quantitative estimate of drug-likeness (QED) is 0.140. The lowest BCUT2D eigenvalue weighted by Crippen LogP contribution is -2.40. The molecule has 0 aliphatic rings. The van der Waals surface area contributed by atoms with Crippen molar-refractivity contribution in [2.75, 3.05) is 6.54 Å². The zero-order valence-electron chi connectivity index (χ0n) is 23.6. The van der Waals surface area contributed by atoms with Crippen LogP contribution in [0, 0.1) is 20.8 Å². The minimum absolute atomic E-state index is 0.790. The van der Waals surface area contributed by atoms with E-state index >= 15 is 0 Å². The highest BCUT2D eigenvalue weighted by Crippen LogP contribution is 2.44. The first-order valence-corrected chi connectivity index (χ1v) is 14.7. The van der Waals surface area contributed by atoms with Crippen LogP contribution in [-0.4, -0.2) is 6.54 Å². The highest BCUT2D eigenvalue weighted by molar-refractivity contribution is 5.71. The molecule has 0 aliphatic heterocycles. The van der Waals surface area contributed by atoms with Gasteiger partial charge in [-0.25, -0.2) is 4.48 Å². The molecular formula is C35H50N+. The van der Waals surface area contributed by atoms with Gasteiger partial charge in [0.25, 0.3) is 0 Å². The smallest absolute Gasteiger partial charge is 0.143 e. The fraction of sp³-hybridized carbons (Fsp3) is 0.486. The predicted octanol–water partition coefficient (Wildman–Crippen LogP) is 11.3. The van der Waals surface area contributed by atoms with Gasteiger partial charge in [-0.1, -0.05) is 124 Å². The summed E-state index contributed by atoms with van der Waals surface area (Å²) in [5.74, 6) is 0. The van der Waals surface area contributed by atoms with Gasteiger partial charge in [0.1, 0.15) is 17.1 Å². The molecule has 0 spiro atoms. The van der Waals surface area contributed by atoms with Gasteiger partial charge >= 0.3 is 0 Å². The summed E-state index contributed by atoms with van der Waals surface area (Å²) in [4.78, 5) is 0. The summed E-state index contributed by atoms with van der Waals surface area (Å²) < 4.78 is 0.790. The molecular weight excluding hydrogens is 434 g/mol. The lowest BCUT2D eigenvalue weighted by molar-refractivity contribution is 0.472. The van der Waals surface area contributed by atoms with E-state index in [0.29, 0.717) is 0 Å². The Morgan fingerprint density at radius 2 is 0.667 bits per heavy atom. The fourth-order valence-electron chi connectivity index (χ4n) is 5.42. The van der Waals surface area contributed by atoms with Gasteiger partial charge in [0.2, 0.25) is 0 Å². The van der Waals surface area contributed by atoms with E-state index in [-0.39, 0.29) is 0 Å². The number of nitrogens with zero attached hydrogens (tertiary/aromatic N) is 1. The summed E-state index contributed by atoms with van der Waals surface area (Å²) in [5.41, 5.74) is 8.02. The van der Waals surface area contributed by atoms with Crippen LogP contribution in [0.4, 0.5) is 17.1 Å². The summed E-state index contributed by atoms with van der Waals surface area (Å²) in [6, 6.07) is 27.7. The number of aryl methyl sites for hydroxylation is 3. The van der Waals surface area contributed by atoms with E-state index in [1.54, 1.807) is 0 Å².